The van der Waals surface area contributed by atoms with Crippen molar-refractivity contribution in [2.24, 2.45) is 0 Å². The molecule has 1 aromatic heterocycles. The second kappa shape index (κ2) is 17.9. The van der Waals surface area contributed by atoms with Crippen LogP contribution >= 0.6 is 0 Å². The number of fused-ring (bicyclic) bond motifs is 1. The highest BCUT2D eigenvalue weighted by Crippen LogP contribution is 2.31. The predicted octanol–water partition coefficient (Wildman–Crippen LogP) is 8.18. The monoisotopic (exact) mass is 626 g/mol. The predicted molar refractivity (Wildman–Crippen MR) is 180 cm³/mol. The standard InChI is InChI=1S/C38H46N2O6/c1-4-7-16-34-35(32-27-30(19-22-33(32)45-34)37(42)39-46-38(43)29-14-11-10-12-15-29)36(41)28-17-20-31(21-18-28)44-26-13-25-40(23-8-5-2)24-9-6-3/h10-12,14-15,17-22,27H,4-9,13,16,23-26H2,1-3H3,(H,39,42). The minimum Gasteiger partial charge on any atom is -0.494 e. The molecule has 4 aromatic rings. The number of ketones is 1. The van der Waals surface area contributed by atoms with Crippen LogP contribution in [0.15, 0.2) is 77.2 Å². The maximum Gasteiger partial charge on any atom is 0.362 e. The van der Waals surface area contributed by atoms with E-state index in [4.69, 9.17) is 14.0 Å². The lowest BCUT2D eigenvalue weighted by molar-refractivity contribution is 0.0230. The number of nitrogens with zero attached hydrogens (tertiary/aromatic N) is 1. The van der Waals surface area contributed by atoms with Crippen molar-refractivity contribution < 1.29 is 28.4 Å². The van der Waals surface area contributed by atoms with Crippen molar-refractivity contribution >= 4 is 28.6 Å². The molecule has 0 aliphatic rings. The number of unbranched alkanes of at least 4 members (excludes halogenated alkanes) is 3. The Morgan fingerprint density at radius 3 is 2.07 bits per heavy atom. The normalized spacial score (nSPS) is 11.1. The molecule has 0 spiro atoms. The molecule has 0 aliphatic heterocycles. The fraction of sp³-hybridized carbons (Fsp3) is 0.395. The Bertz CT molecular complexity index is 1550. The lowest BCUT2D eigenvalue weighted by atomic mass is 9.97. The average molecular weight is 627 g/mol. The fourth-order valence-electron chi connectivity index (χ4n) is 5.26. The van der Waals surface area contributed by atoms with E-state index in [2.05, 4.69) is 31.2 Å². The second-order valence-electron chi connectivity index (χ2n) is 11.5. The van der Waals surface area contributed by atoms with E-state index in [0.29, 0.717) is 46.4 Å². The fourth-order valence-corrected chi connectivity index (χ4v) is 5.26. The Kier molecular flexibility index (Phi) is 13.4. The van der Waals surface area contributed by atoms with Gasteiger partial charge >= 0.3 is 5.97 Å². The van der Waals surface area contributed by atoms with Crippen molar-refractivity contribution in [3.05, 3.63) is 101 Å². The number of aryl methyl sites for hydroxylation is 1. The van der Waals surface area contributed by atoms with E-state index < -0.39 is 11.9 Å². The molecule has 0 saturated carbocycles. The Morgan fingerprint density at radius 1 is 0.739 bits per heavy atom. The van der Waals surface area contributed by atoms with Gasteiger partial charge in [0.1, 0.15) is 17.1 Å². The van der Waals surface area contributed by atoms with Gasteiger partial charge in [-0.05, 0) is 93.4 Å². The molecule has 8 nitrogen and oxygen atoms in total. The van der Waals surface area contributed by atoms with E-state index in [1.165, 1.54) is 25.7 Å². The SMILES string of the molecule is CCCCc1oc2ccc(C(=O)NOC(=O)c3ccccc3)cc2c1C(=O)c1ccc(OCCCN(CCCC)CCCC)cc1. The molecule has 244 valence electrons. The van der Waals surface area contributed by atoms with Crippen LogP contribution in [-0.2, 0) is 11.3 Å². The minimum atomic E-state index is -0.676. The number of ether oxygens (including phenoxy) is 1. The van der Waals surface area contributed by atoms with Crippen LogP contribution in [0.2, 0.25) is 0 Å². The van der Waals surface area contributed by atoms with Crippen LogP contribution < -0.4 is 10.2 Å². The van der Waals surface area contributed by atoms with Crippen molar-refractivity contribution in [2.45, 2.75) is 72.1 Å². The van der Waals surface area contributed by atoms with Crippen molar-refractivity contribution in [2.75, 3.05) is 26.2 Å². The van der Waals surface area contributed by atoms with E-state index in [0.717, 1.165) is 44.6 Å². The van der Waals surface area contributed by atoms with Gasteiger partial charge in [-0.3, -0.25) is 9.59 Å². The van der Waals surface area contributed by atoms with Crippen LogP contribution in [0.25, 0.3) is 11.0 Å². The first kappa shape index (κ1) is 34.4. The number of furan rings is 1. The van der Waals surface area contributed by atoms with E-state index in [9.17, 15) is 14.4 Å². The number of benzene rings is 3. The summed E-state index contributed by atoms with van der Waals surface area (Å²) in [6.45, 7) is 10.4. The highest BCUT2D eigenvalue weighted by molar-refractivity contribution is 6.17. The second-order valence-corrected chi connectivity index (χ2v) is 11.5. The number of nitrogens with one attached hydrogen (secondary N) is 1. The van der Waals surface area contributed by atoms with Crippen LogP contribution in [0, 0.1) is 0 Å². The number of carbonyl (C=O) groups excluding carboxylic acids is 3. The molecule has 0 saturated heterocycles. The maximum atomic E-state index is 13.9. The van der Waals surface area contributed by atoms with Crippen molar-refractivity contribution in [3.63, 3.8) is 0 Å². The van der Waals surface area contributed by atoms with Gasteiger partial charge in [-0.2, -0.15) is 5.48 Å². The van der Waals surface area contributed by atoms with Crippen LogP contribution in [0.4, 0.5) is 0 Å². The maximum absolute atomic E-state index is 13.9. The zero-order chi connectivity index (χ0) is 32.7. The molecule has 0 fully saturated rings. The molecule has 0 atom stereocenters. The molecular formula is C38H46N2O6. The quantitative estimate of drug-likeness (QED) is 0.0676. The number of rotatable bonds is 18. The Hall–Kier alpha value is -4.43. The van der Waals surface area contributed by atoms with Gasteiger partial charge in [-0.15, -0.1) is 0 Å². The number of hydrogen-bond acceptors (Lipinski definition) is 7. The molecule has 0 aliphatic carbocycles. The lowest BCUT2D eigenvalue weighted by Gasteiger charge is -2.21. The molecule has 0 radical (unpaired) electrons. The van der Waals surface area contributed by atoms with Crippen LogP contribution in [0.1, 0.15) is 108 Å². The lowest BCUT2D eigenvalue weighted by Crippen LogP contribution is -2.28. The molecule has 1 amide bonds. The van der Waals surface area contributed by atoms with Crippen LogP contribution in [0.3, 0.4) is 0 Å². The van der Waals surface area contributed by atoms with Crippen molar-refractivity contribution in [3.8, 4) is 5.75 Å². The third-order valence-corrected chi connectivity index (χ3v) is 7.91. The summed E-state index contributed by atoms with van der Waals surface area (Å²) >= 11 is 0. The van der Waals surface area contributed by atoms with Gasteiger partial charge in [0.25, 0.3) is 5.91 Å². The topological polar surface area (TPSA) is 98.1 Å². The summed E-state index contributed by atoms with van der Waals surface area (Å²) in [5.41, 5.74) is 4.22. The van der Waals surface area contributed by atoms with Gasteiger partial charge in [0, 0.05) is 29.5 Å². The highest BCUT2D eigenvalue weighted by Gasteiger charge is 2.23. The summed E-state index contributed by atoms with van der Waals surface area (Å²) < 4.78 is 12.1. The zero-order valence-electron chi connectivity index (χ0n) is 27.3. The van der Waals surface area contributed by atoms with E-state index in [1.807, 2.05) is 12.1 Å². The molecule has 1 N–H and O–H groups in total. The van der Waals surface area contributed by atoms with Gasteiger partial charge in [-0.1, -0.05) is 58.2 Å². The summed E-state index contributed by atoms with van der Waals surface area (Å²) in [6.07, 6.45) is 8.14. The molecule has 3 aromatic carbocycles. The third-order valence-electron chi connectivity index (χ3n) is 7.91. The third kappa shape index (κ3) is 9.54. The Balaban J connectivity index is 1.44. The minimum absolute atomic E-state index is 0.188. The van der Waals surface area contributed by atoms with Crippen LogP contribution in [-0.4, -0.2) is 48.8 Å². The summed E-state index contributed by atoms with van der Waals surface area (Å²) in [6, 6.07) is 20.4. The summed E-state index contributed by atoms with van der Waals surface area (Å²) in [7, 11) is 0. The Morgan fingerprint density at radius 2 is 1.39 bits per heavy atom. The molecule has 46 heavy (non-hydrogen) atoms. The summed E-state index contributed by atoms with van der Waals surface area (Å²) in [4.78, 5) is 46.6. The first-order chi connectivity index (χ1) is 22.4. The number of hydroxylamine groups is 1. The largest absolute Gasteiger partial charge is 0.494 e. The smallest absolute Gasteiger partial charge is 0.362 e. The van der Waals surface area contributed by atoms with Crippen molar-refractivity contribution in [1.29, 1.82) is 0 Å². The molecule has 1 heterocycles. The molecular weight excluding hydrogens is 580 g/mol. The molecule has 8 heteroatoms. The molecule has 4 rings (SSSR count). The van der Waals surface area contributed by atoms with Crippen molar-refractivity contribution in [1.82, 2.24) is 10.4 Å². The first-order valence-electron chi connectivity index (χ1n) is 16.6. The van der Waals surface area contributed by atoms with Gasteiger partial charge in [0.15, 0.2) is 5.78 Å². The number of amides is 1. The van der Waals surface area contributed by atoms with Gasteiger partial charge in [-0.25, -0.2) is 4.79 Å². The summed E-state index contributed by atoms with van der Waals surface area (Å²) in [5, 5.41) is 0.536. The number of carbonyl (C=O) groups is 3. The Labute approximate surface area is 272 Å². The van der Waals surface area contributed by atoms with Crippen LogP contribution in [0.5, 0.6) is 5.75 Å². The highest BCUT2D eigenvalue weighted by atomic mass is 16.7. The molecule has 0 unspecified atom stereocenters. The molecule has 0 bridgehead atoms. The van der Waals surface area contributed by atoms with Gasteiger partial charge in [0.2, 0.25) is 0 Å². The van der Waals surface area contributed by atoms with E-state index in [1.54, 1.807) is 60.7 Å². The summed E-state index contributed by atoms with van der Waals surface area (Å²) in [5.74, 6) is -0.166. The van der Waals surface area contributed by atoms with E-state index in [-0.39, 0.29) is 11.3 Å². The zero-order valence-corrected chi connectivity index (χ0v) is 27.3. The van der Waals surface area contributed by atoms with Gasteiger partial charge < -0.3 is 18.9 Å². The number of hydrogen-bond donors (Lipinski definition) is 1. The first-order valence-corrected chi connectivity index (χ1v) is 16.6. The van der Waals surface area contributed by atoms with E-state index >= 15 is 0 Å². The average Bonchev–Trinajstić information content (AvgIpc) is 3.46. The van der Waals surface area contributed by atoms with Gasteiger partial charge in [0.05, 0.1) is 17.7 Å².